The number of carbonyl (C=O) groups is 2. The van der Waals surface area contributed by atoms with E-state index in [2.05, 4.69) is 15.9 Å². The fraction of sp³-hybridized carbons (Fsp3) is 0. The second kappa shape index (κ2) is 3.44. The van der Waals surface area contributed by atoms with Crippen molar-refractivity contribution in [3.8, 4) is 0 Å². The third kappa shape index (κ3) is 1.74. The molecule has 3 heteroatoms. The van der Waals surface area contributed by atoms with E-state index in [9.17, 15) is 9.59 Å². The zero-order chi connectivity index (χ0) is 8.27. The Balaban J connectivity index is 3.18. The van der Waals surface area contributed by atoms with Gasteiger partial charge in [0.15, 0.2) is 6.29 Å². The molecule has 1 rings (SSSR count). The molecule has 2 nitrogen and oxygen atoms in total. The zero-order valence-corrected chi connectivity index (χ0v) is 7.17. The average Bonchev–Trinajstić information content (AvgIpc) is 2.04. The minimum atomic E-state index is 0.551. The smallest absolute Gasteiger partial charge is 0.151 e. The quantitative estimate of drug-likeness (QED) is 0.704. The first-order valence-corrected chi connectivity index (χ1v) is 3.77. The van der Waals surface area contributed by atoms with Crippen LogP contribution < -0.4 is 0 Å². The third-order valence-electron chi connectivity index (χ3n) is 1.29. The summed E-state index contributed by atoms with van der Waals surface area (Å²) < 4.78 is 0.650. The van der Waals surface area contributed by atoms with Crippen LogP contribution in [0.25, 0.3) is 0 Å². The summed E-state index contributed by atoms with van der Waals surface area (Å²) in [6.07, 6.45) is 1.47. The van der Waals surface area contributed by atoms with Gasteiger partial charge >= 0.3 is 0 Å². The van der Waals surface area contributed by atoms with Crippen LogP contribution in [-0.4, -0.2) is 12.6 Å². The highest BCUT2D eigenvalue weighted by Crippen LogP contribution is 2.15. The van der Waals surface area contributed by atoms with E-state index in [0.29, 0.717) is 15.6 Å². The van der Waals surface area contributed by atoms with E-state index in [-0.39, 0.29) is 0 Å². The van der Waals surface area contributed by atoms with Gasteiger partial charge in [-0.2, -0.15) is 0 Å². The number of aldehydes is 2. The minimum Gasteiger partial charge on any atom is -0.298 e. The highest BCUT2D eigenvalue weighted by Gasteiger charge is 1.98. The van der Waals surface area contributed by atoms with Gasteiger partial charge in [-0.1, -0.05) is 22.0 Å². The van der Waals surface area contributed by atoms with E-state index in [1.807, 2.05) is 0 Å². The monoisotopic (exact) mass is 212 g/mol. The van der Waals surface area contributed by atoms with Crippen LogP contribution in [0.5, 0.6) is 0 Å². The molecule has 0 radical (unpaired) electrons. The number of benzene rings is 1. The fourth-order valence-electron chi connectivity index (χ4n) is 0.712. The van der Waals surface area contributed by atoms with E-state index in [0.717, 1.165) is 12.6 Å². The van der Waals surface area contributed by atoms with Crippen LogP contribution in [0.3, 0.4) is 0 Å². The predicted octanol–water partition coefficient (Wildman–Crippen LogP) is 2.07. The number of hydrogen-bond acceptors (Lipinski definition) is 2. The van der Waals surface area contributed by atoms with Crippen LogP contribution in [0.15, 0.2) is 22.7 Å². The Morgan fingerprint density at radius 1 is 1.18 bits per heavy atom. The lowest BCUT2D eigenvalue weighted by Gasteiger charge is -1.95. The van der Waals surface area contributed by atoms with Crippen molar-refractivity contribution in [3.63, 3.8) is 0 Å². The number of hydrogen-bond donors (Lipinski definition) is 0. The second-order valence-electron chi connectivity index (χ2n) is 2.02. The Morgan fingerprint density at radius 3 is 2.36 bits per heavy atom. The van der Waals surface area contributed by atoms with Crippen LogP contribution in [0.4, 0.5) is 0 Å². The number of carbonyl (C=O) groups excluding carboxylic acids is 2. The molecule has 1 aromatic rings. The molecule has 0 unspecified atom stereocenters. The molecule has 0 aliphatic heterocycles. The average molecular weight is 213 g/mol. The molecule has 0 saturated carbocycles. The van der Waals surface area contributed by atoms with E-state index >= 15 is 0 Å². The van der Waals surface area contributed by atoms with Crippen molar-refractivity contribution in [2.75, 3.05) is 0 Å². The van der Waals surface area contributed by atoms with Gasteiger partial charge < -0.3 is 0 Å². The van der Waals surface area contributed by atoms with Crippen molar-refractivity contribution in [1.82, 2.24) is 0 Å². The van der Waals surface area contributed by atoms with Crippen molar-refractivity contribution in [2.24, 2.45) is 0 Å². The molecule has 0 aliphatic carbocycles. The van der Waals surface area contributed by atoms with Gasteiger partial charge in [0.05, 0.1) is 0 Å². The molecule has 0 amide bonds. The van der Waals surface area contributed by atoms with Crippen molar-refractivity contribution in [1.29, 1.82) is 0 Å². The van der Waals surface area contributed by atoms with Gasteiger partial charge in [-0.3, -0.25) is 9.59 Å². The van der Waals surface area contributed by atoms with E-state index < -0.39 is 0 Å². The maximum Gasteiger partial charge on any atom is 0.151 e. The Hall–Kier alpha value is -0.960. The van der Waals surface area contributed by atoms with E-state index in [1.165, 1.54) is 0 Å². The molecule has 1 aromatic carbocycles. The van der Waals surface area contributed by atoms with Gasteiger partial charge in [-0.05, 0) is 12.1 Å². The zero-order valence-electron chi connectivity index (χ0n) is 5.58. The Kier molecular flexibility index (Phi) is 2.54. The molecule has 56 valence electrons. The van der Waals surface area contributed by atoms with Gasteiger partial charge in [-0.15, -0.1) is 0 Å². The maximum absolute atomic E-state index is 10.3. The Bertz CT molecular complexity index is 294. The summed E-state index contributed by atoms with van der Waals surface area (Å²) in [5, 5.41) is 0. The van der Waals surface area contributed by atoms with Crippen LogP contribution in [0.1, 0.15) is 20.7 Å². The van der Waals surface area contributed by atoms with Crippen LogP contribution in [0.2, 0.25) is 0 Å². The highest BCUT2D eigenvalue weighted by molar-refractivity contribution is 9.10. The molecule has 0 bridgehead atoms. The summed E-state index contributed by atoms with van der Waals surface area (Å²) in [6.45, 7) is 0. The Morgan fingerprint density at radius 2 is 1.91 bits per heavy atom. The first-order chi connectivity index (χ1) is 5.27. The second-order valence-corrected chi connectivity index (χ2v) is 2.87. The SMILES string of the molecule is O=Cc1ccc(C=O)c(Br)c1. The minimum absolute atomic E-state index is 0.551. The standard InChI is InChI=1S/C8H5BrO2/c9-8-3-6(4-10)1-2-7(8)5-11/h1-5H. The van der Waals surface area contributed by atoms with Crippen LogP contribution >= 0.6 is 15.9 Å². The first kappa shape index (κ1) is 8.14. The number of rotatable bonds is 2. The molecule has 0 fully saturated rings. The van der Waals surface area contributed by atoms with E-state index in [1.54, 1.807) is 18.2 Å². The van der Waals surface area contributed by atoms with E-state index in [4.69, 9.17) is 0 Å². The van der Waals surface area contributed by atoms with Gasteiger partial charge in [0.25, 0.3) is 0 Å². The molecule has 0 spiro atoms. The molecular weight excluding hydrogens is 208 g/mol. The molecule has 0 atom stereocenters. The summed E-state index contributed by atoms with van der Waals surface area (Å²) in [6, 6.07) is 4.80. The van der Waals surface area contributed by atoms with Crippen molar-refractivity contribution in [3.05, 3.63) is 33.8 Å². The van der Waals surface area contributed by atoms with Gasteiger partial charge in [0, 0.05) is 15.6 Å². The summed E-state index contributed by atoms with van der Waals surface area (Å²) in [5.41, 5.74) is 1.11. The van der Waals surface area contributed by atoms with Crippen molar-refractivity contribution < 1.29 is 9.59 Å². The largest absolute Gasteiger partial charge is 0.298 e. The van der Waals surface area contributed by atoms with Crippen molar-refractivity contribution >= 4 is 28.5 Å². The molecule has 0 aromatic heterocycles. The van der Waals surface area contributed by atoms with Crippen molar-refractivity contribution in [2.45, 2.75) is 0 Å². The third-order valence-corrected chi connectivity index (χ3v) is 1.97. The molecule has 0 aliphatic rings. The van der Waals surface area contributed by atoms with Crippen LogP contribution in [-0.2, 0) is 0 Å². The topological polar surface area (TPSA) is 34.1 Å². The maximum atomic E-state index is 10.3. The summed E-state index contributed by atoms with van der Waals surface area (Å²) in [7, 11) is 0. The molecule has 11 heavy (non-hydrogen) atoms. The number of halogens is 1. The van der Waals surface area contributed by atoms with Crippen LogP contribution in [0, 0.1) is 0 Å². The Labute approximate surface area is 72.4 Å². The lowest BCUT2D eigenvalue weighted by molar-refractivity contribution is 0.111. The summed E-state index contributed by atoms with van der Waals surface area (Å²) >= 11 is 3.16. The van der Waals surface area contributed by atoms with Gasteiger partial charge in [-0.25, -0.2) is 0 Å². The lowest BCUT2D eigenvalue weighted by atomic mass is 10.2. The summed E-state index contributed by atoms with van der Waals surface area (Å²) in [5.74, 6) is 0. The summed E-state index contributed by atoms with van der Waals surface area (Å²) in [4.78, 5) is 20.6. The lowest BCUT2D eigenvalue weighted by Crippen LogP contribution is -1.85. The fourth-order valence-corrected chi connectivity index (χ4v) is 1.20. The molecule has 0 N–H and O–H groups in total. The highest BCUT2D eigenvalue weighted by atomic mass is 79.9. The normalized spacial score (nSPS) is 9.18. The molecule has 0 heterocycles. The first-order valence-electron chi connectivity index (χ1n) is 2.98. The predicted molar refractivity (Wildman–Crippen MR) is 44.9 cm³/mol. The van der Waals surface area contributed by atoms with Gasteiger partial charge in [0.1, 0.15) is 6.29 Å². The van der Waals surface area contributed by atoms with Gasteiger partial charge in [0.2, 0.25) is 0 Å². The molecule has 0 saturated heterocycles. The molecular formula is C8H5BrO2.